The number of hydrogen-bond donors (Lipinski definition) is 0. The number of halogens is 6. The molecule has 3 heterocycles. The van der Waals surface area contributed by atoms with Crippen LogP contribution >= 0.6 is 0 Å². The number of anilines is 6. The summed E-state index contributed by atoms with van der Waals surface area (Å²) in [5, 5.41) is 2.26. The van der Waals surface area contributed by atoms with Gasteiger partial charge in [0, 0.05) is 63.5 Å². The van der Waals surface area contributed by atoms with E-state index in [1.165, 1.54) is 44.1 Å². The Morgan fingerprint density at radius 3 is 1.52 bits per heavy atom. The molecule has 7 aromatic carbocycles. The number of fused-ring (bicyclic) bond motifs is 7. The van der Waals surface area contributed by atoms with Gasteiger partial charge in [-0.2, -0.15) is 0 Å². The van der Waals surface area contributed by atoms with Gasteiger partial charge in [-0.1, -0.05) is 54.6 Å². The molecule has 2 aliphatic heterocycles. The van der Waals surface area contributed by atoms with E-state index in [1.807, 2.05) is 54.6 Å². The number of rotatable bonds is 4. The standard InChI is InChI=1S/C52H36BF6N3/c54-37-21-32(22-38(55)50(37)58)60-43-10-4-2-8-36(43)53-48-44(60)11-5-12-45(48)61(33-23-39(56)51(59)40(57)24-33)46-13-6-14-47(49(46)53)62-41-9-3-1-7-34(41)35-20-31(15-16-42(35)62)52-25-28-17-29(26-52)19-30(18-28)27-52/h1-16,20-24,28-30H,17-19,25-27H2. The first-order chi connectivity index (χ1) is 30.2. The van der Waals surface area contributed by atoms with Crippen molar-refractivity contribution in [1.29, 1.82) is 0 Å². The Kier molecular flexibility index (Phi) is 7.50. The van der Waals surface area contributed by atoms with E-state index in [2.05, 4.69) is 47.0 Å². The van der Waals surface area contributed by atoms with Gasteiger partial charge in [0.1, 0.15) is 0 Å². The number of nitrogens with zero attached hydrogens (tertiary/aromatic N) is 3. The zero-order valence-corrected chi connectivity index (χ0v) is 33.3. The van der Waals surface area contributed by atoms with Gasteiger partial charge < -0.3 is 14.4 Å². The summed E-state index contributed by atoms with van der Waals surface area (Å²) in [7, 11) is 0. The summed E-state index contributed by atoms with van der Waals surface area (Å²) in [6, 6.07) is 38.3. The Morgan fingerprint density at radius 1 is 0.452 bits per heavy atom. The van der Waals surface area contributed by atoms with Crippen LogP contribution in [0.1, 0.15) is 44.1 Å². The molecule has 4 fully saturated rings. The van der Waals surface area contributed by atoms with E-state index in [0.29, 0.717) is 28.2 Å². The molecule has 6 aliphatic rings. The molecule has 304 valence electrons. The molecule has 4 aliphatic carbocycles. The third-order valence-electron chi connectivity index (χ3n) is 14.9. The molecular formula is C52H36BF6N3. The Hall–Kier alpha value is -6.42. The van der Waals surface area contributed by atoms with Crippen LogP contribution in [0.4, 0.5) is 60.5 Å². The van der Waals surface area contributed by atoms with Crippen LogP contribution in [0.15, 0.2) is 127 Å². The lowest BCUT2D eigenvalue weighted by molar-refractivity contribution is -0.00512. The minimum atomic E-state index is -1.58. The maximum Gasteiger partial charge on any atom is 0.254 e. The van der Waals surface area contributed by atoms with Crippen molar-refractivity contribution in [2.24, 2.45) is 17.8 Å². The van der Waals surface area contributed by atoms with E-state index in [-0.39, 0.29) is 16.8 Å². The fourth-order valence-corrected chi connectivity index (χ4v) is 13.0. The molecule has 8 aromatic rings. The highest BCUT2D eigenvalue weighted by Crippen LogP contribution is 2.61. The molecule has 1 aromatic heterocycles. The topological polar surface area (TPSA) is 11.4 Å². The predicted molar refractivity (Wildman–Crippen MR) is 234 cm³/mol. The van der Waals surface area contributed by atoms with E-state index >= 15 is 17.6 Å². The van der Waals surface area contributed by atoms with Crippen molar-refractivity contribution >= 4 is 79.0 Å². The number of aromatic nitrogens is 1. The van der Waals surface area contributed by atoms with Crippen molar-refractivity contribution in [3.63, 3.8) is 0 Å². The van der Waals surface area contributed by atoms with Crippen LogP contribution in [0.2, 0.25) is 0 Å². The second kappa shape index (κ2) is 12.8. The molecule has 4 bridgehead atoms. The molecule has 14 rings (SSSR count). The van der Waals surface area contributed by atoms with Crippen LogP contribution in [0.3, 0.4) is 0 Å². The molecule has 0 unspecified atom stereocenters. The Balaban J connectivity index is 1.10. The highest BCUT2D eigenvalue weighted by molar-refractivity contribution is 7.01. The fourth-order valence-electron chi connectivity index (χ4n) is 13.0. The van der Waals surface area contributed by atoms with Crippen LogP contribution in [-0.2, 0) is 5.41 Å². The highest BCUT2D eigenvalue weighted by Gasteiger charge is 2.52. The van der Waals surface area contributed by atoms with Gasteiger partial charge in [-0.05, 0) is 132 Å². The zero-order valence-electron chi connectivity index (χ0n) is 33.3. The second-order valence-corrected chi connectivity index (χ2v) is 18.3. The van der Waals surface area contributed by atoms with Gasteiger partial charge in [0.2, 0.25) is 0 Å². The third kappa shape index (κ3) is 4.92. The molecule has 62 heavy (non-hydrogen) atoms. The molecule has 0 atom stereocenters. The third-order valence-corrected chi connectivity index (χ3v) is 14.9. The van der Waals surface area contributed by atoms with Crippen LogP contribution in [-0.4, -0.2) is 11.3 Å². The van der Waals surface area contributed by atoms with Crippen molar-refractivity contribution in [2.45, 2.75) is 43.9 Å². The van der Waals surface area contributed by atoms with Gasteiger partial charge in [-0.15, -0.1) is 0 Å². The quantitative estimate of drug-likeness (QED) is 0.0995. The van der Waals surface area contributed by atoms with Crippen molar-refractivity contribution in [1.82, 2.24) is 4.57 Å². The molecule has 0 spiro atoms. The number of para-hydroxylation sites is 2. The minimum absolute atomic E-state index is 0.0540. The summed E-state index contributed by atoms with van der Waals surface area (Å²) >= 11 is 0. The molecule has 3 nitrogen and oxygen atoms in total. The SMILES string of the molecule is Fc1cc(N2c3ccccc3B3c4c2cccc4N(c2cc(F)c(F)c(F)c2)c2cccc(-n4c5ccccc5c5cc(C67CC8CC(CC(C8)C6)C7)ccc54)c23)cc(F)c1F. The first-order valence-electron chi connectivity index (χ1n) is 21.4. The first kappa shape index (κ1) is 36.3. The van der Waals surface area contributed by atoms with Gasteiger partial charge >= 0.3 is 0 Å². The summed E-state index contributed by atoms with van der Waals surface area (Å²) in [4.78, 5) is 3.43. The van der Waals surface area contributed by atoms with E-state index in [4.69, 9.17) is 0 Å². The summed E-state index contributed by atoms with van der Waals surface area (Å²) in [5.41, 5.74) is 9.18. The van der Waals surface area contributed by atoms with Gasteiger partial charge in [0.25, 0.3) is 6.71 Å². The van der Waals surface area contributed by atoms with E-state index in [0.717, 1.165) is 80.4 Å². The molecule has 4 saturated carbocycles. The van der Waals surface area contributed by atoms with Gasteiger partial charge in [-0.3, -0.25) is 0 Å². The van der Waals surface area contributed by atoms with E-state index < -0.39 is 41.6 Å². The van der Waals surface area contributed by atoms with E-state index in [1.54, 1.807) is 15.9 Å². The van der Waals surface area contributed by atoms with Crippen LogP contribution in [0.5, 0.6) is 0 Å². The van der Waals surface area contributed by atoms with Gasteiger partial charge in [0.05, 0.1) is 22.4 Å². The molecule has 0 N–H and O–H groups in total. The summed E-state index contributed by atoms with van der Waals surface area (Å²) in [6.45, 7) is -0.510. The molecule has 0 saturated heterocycles. The average molecular weight is 828 g/mol. The number of benzene rings is 7. The maximum absolute atomic E-state index is 15.3. The first-order valence-corrected chi connectivity index (χ1v) is 21.4. The van der Waals surface area contributed by atoms with Gasteiger partial charge in [0.15, 0.2) is 34.9 Å². The lowest BCUT2D eigenvalue weighted by Gasteiger charge is -2.57. The molecule has 10 heteroatoms. The largest absolute Gasteiger partial charge is 0.311 e. The van der Waals surface area contributed by atoms with Gasteiger partial charge in [-0.25, -0.2) is 26.3 Å². The predicted octanol–water partition coefficient (Wildman–Crippen LogP) is 12.2. The van der Waals surface area contributed by atoms with E-state index in [9.17, 15) is 8.78 Å². The zero-order chi connectivity index (χ0) is 41.8. The highest BCUT2D eigenvalue weighted by atomic mass is 19.2. The van der Waals surface area contributed by atoms with Crippen LogP contribution < -0.4 is 26.2 Å². The van der Waals surface area contributed by atoms with Crippen molar-refractivity contribution in [3.05, 3.63) is 168 Å². The molecular weight excluding hydrogens is 791 g/mol. The van der Waals surface area contributed by atoms with Crippen molar-refractivity contribution in [3.8, 4) is 5.69 Å². The lowest BCUT2D eigenvalue weighted by Crippen LogP contribution is -2.62. The Bertz CT molecular complexity index is 3150. The Labute approximate surface area is 353 Å². The van der Waals surface area contributed by atoms with Crippen molar-refractivity contribution in [2.75, 3.05) is 9.80 Å². The lowest BCUT2D eigenvalue weighted by atomic mass is 9.33. The second-order valence-electron chi connectivity index (χ2n) is 18.3. The van der Waals surface area contributed by atoms with Crippen LogP contribution in [0, 0.1) is 52.7 Å². The molecule has 0 amide bonds. The van der Waals surface area contributed by atoms with Crippen molar-refractivity contribution < 1.29 is 26.3 Å². The average Bonchev–Trinajstić information content (AvgIpc) is 3.60. The summed E-state index contributed by atoms with van der Waals surface area (Å²) < 4.78 is 92.3. The minimum Gasteiger partial charge on any atom is -0.311 e. The fraction of sp³-hybridized carbons (Fsp3) is 0.192. The maximum atomic E-state index is 15.3. The number of hydrogen-bond acceptors (Lipinski definition) is 2. The monoisotopic (exact) mass is 827 g/mol. The Morgan fingerprint density at radius 2 is 0.919 bits per heavy atom. The normalized spacial score (nSPS) is 21.8. The summed E-state index contributed by atoms with van der Waals surface area (Å²) in [5.74, 6) is -6.13. The van der Waals surface area contributed by atoms with Crippen LogP contribution in [0.25, 0.3) is 27.5 Å². The molecule has 0 radical (unpaired) electrons. The smallest absolute Gasteiger partial charge is 0.254 e. The summed E-state index contributed by atoms with van der Waals surface area (Å²) in [6.07, 6.45) is 7.81.